The summed E-state index contributed by atoms with van der Waals surface area (Å²) in [6.45, 7) is 3.18. The highest BCUT2D eigenvalue weighted by atomic mass is 19.1. The zero-order valence-corrected chi connectivity index (χ0v) is 17.1. The predicted molar refractivity (Wildman–Crippen MR) is 121 cm³/mol. The van der Waals surface area contributed by atoms with Crippen molar-refractivity contribution < 1.29 is 13.9 Å². The largest absolute Gasteiger partial charge is 0.474 e. The molecule has 32 heavy (non-hydrogen) atoms. The van der Waals surface area contributed by atoms with Crippen LogP contribution in [0.4, 0.5) is 15.8 Å². The Labute approximate surface area is 182 Å². The molecule has 0 radical (unpaired) electrons. The molecule has 3 aromatic heterocycles. The molecule has 4 aromatic rings. The highest BCUT2D eigenvalue weighted by Crippen LogP contribution is 2.41. The molecule has 5 heterocycles. The van der Waals surface area contributed by atoms with Gasteiger partial charge in [-0.3, -0.25) is 9.78 Å². The molecule has 158 valence electrons. The second-order valence-corrected chi connectivity index (χ2v) is 7.81. The lowest BCUT2D eigenvalue weighted by Crippen LogP contribution is -2.20. The van der Waals surface area contributed by atoms with Gasteiger partial charge in [0.2, 0.25) is 5.88 Å². The number of halogens is 1. The molecule has 0 atom stereocenters. The molecule has 6 rings (SSSR count). The smallest absolute Gasteiger partial charge is 0.256 e. The van der Waals surface area contributed by atoms with Gasteiger partial charge in [0.1, 0.15) is 18.1 Å². The Morgan fingerprint density at radius 1 is 1.16 bits per heavy atom. The number of aromatic nitrogens is 3. The molecule has 0 aliphatic carbocycles. The van der Waals surface area contributed by atoms with Crippen LogP contribution in [0, 0.1) is 12.7 Å². The zero-order valence-electron chi connectivity index (χ0n) is 17.1. The second-order valence-electron chi connectivity index (χ2n) is 7.81. The van der Waals surface area contributed by atoms with E-state index in [0.29, 0.717) is 35.7 Å². The third-order valence-electron chi connectivity index (χ3n) is 5.83. The number of rotatable bonds is 2. The number of nitrogens with one attached hydrogen (secondary N) is 3. The number of carbonyl (C=O) groups excluding carboxylic acids is 1. The van der Waals surface area contributed by atoms with E-state index in [9.17, 15) is 4.79 Å². The van der Waals surface area contributed by atoms with Gasteiger partial charge in [-0.1, -0.05) is 0 Å². The minimum Gasteiger partial charge on any atom is -0.474 e. The maximum absolute atomic E-state index is 15.0. The van der Waals surface area contributed by atoms with Gasteiger partial charge >= 0.3 is 0 Å². The maximum atomic E-state index is 15.0. The average molecular weight is 427 g/mol. The van der Waals surface area contributed by atoms with Gasteiger partial charge in [0.15, 0.2) is 0 Å². The van der Waals surface area contributed by atoms with E-state index in [1.165, 1.54) is 6.07 Å². The number of hydrogen-bond acceptors (Lipinski definition) is 5. The van der Waals surface area contributed by atoms with E-state index in [4.69, 9.17) is 4.74 Å². The first kappa shape index (κ1) is 18.6. The zero-order chi connectivity index (χ0) is 21.8. The normalized spacial score (nSPS) is 15.8. The lowest BCUT2D eigenvalue weighted by molar-refractivity contribution is -0.110. The highest BCUT2D eigenvalue weighted by molar-refractivity contribution is 6.35. The lowest BCUT2D eigenvalue weighted by atomic mass is 9.96. The maximum Gasteiger partial charge on any atom is 0.256 e. The van der Waals surface area contributed by atoms with Gasteiger partial charge in [-0.15, -0.1) is 0 Å². The molecule has 0 saturated carbocycles. The first-order chi connectivity index (χ1) is 15.6. The van der Waals surface area contributed by atoms with Crippen molar-refractivity contribution in [2.75, 3.05) is 23.8 Å². The van der Waals surface area contributed by atoms with Crippen molar-refractivity contribution in [2.24, 2.45) is 0 Å². The molecule has 3 N–H and O–H groups in total. The number of aromatic amines is 1. The summed E-state index contributed by atoms with van der Waals surface area (Å²) in [7, 11) is 0. The molecular formula is C24H18FN5O2. The van der Waals surface area contributed by atoms with Crippen LogP contribution < -0.4 is 15.4 Å². The summed E-state index contributed by atoms with van der Waals surface area (Å²) >= 11 is 0. The van der Waals surface area contributed by atoms with E-state index in [1.807, 2.05) is 31.2 Å². The molecule has 0 fully saturated rings. The van der Waals surface area contributed by atoms with Crippen LogP contribution in [0.1, 0.15) is 16.8 Å². The van der Waals surface area contributed by atoms with Gasteiger partial charge in [0.05, 0.1) is 22.3 Å². The standard InChI is InChI=1S/C24H18FN5O2/c1-12-17(11-28-24-21(12)27-5-6-32-24)13-7-15-16(23(31)30-22(15)18(25)8-13)9-14-10-20-19(29-14)3-2-4-26-20/h2-4,7-11,27,29H,5-6H2,1H3,(H,30,31)/b16-9-. The van der Waals surface area contributed by atoms with E-state index in [2.05, 4.69) is 25.6 Å². The van der Waals surface area contributed by atoms with Crippen LogP contribution in [-0.4, -0.2) is 34.0 Å². The number of anilines is 2. The number of H-pyrrole nitrogens is 1. The summed E-state index contributed by atoms with van der Waals surface area (Å²) in [6.07, 6.45) is 5.11. The summed E-state index contributed by atoms with van der Waals surface area (Å²) in [5.74, 6) is -0.295. The summed E-state index contributed by atoms with van der Waals surface area (Å²) in [5, 5.41) is 5.95. The van der Waals surface area contributed by atoms with Gasteiger partial charge in [-0.2, -0.15) is 0 Å². The Bertz CT molecular complexity index is 1420. The van der Waals surface area contributed by atoms with E-state index >= 15 is 4.39 Å². The molecule has 2 aliphatic rings. The molecule has 0 spiro atoms. The molecule has 1 aromatic carbocycles. The first-order valence-corrected chi connectivity index (χ1v) is 10.3. The van der Waals surface area contributed by atoms with E-state index in [-0.39, 0.29) is 11.6 Å². The quantitative estimate of drug-likeness (QED) is 0.413. The topological polar surface area (TPSA) is 91.9 Å². The number of amides is 1. The SMILES string of the molecule is Cc1c(-c2cc(F)c3c(c2)/C(=C/c2cc4ncccc4[nH]2)C(=O)N3)cnc2c1NCCO2. The number of carbonyl (C=O) groups is 1. The van der Waals surface area contributed by atoms with Gasteiger partial charge < -0.3 is 20.4 Å². The number of hydrogen-bond donors (Lipinski definition) is 3. The first-order valence-electron chi connectivity index (χ1n) is 10.3. The predicted octanol–water partition coefficient (Wildman–Crippen LogP) is 4.37. The van der Waals surface area contributed by atoms with Crippen molar-refractivity contribution in [2.45, 2.75) is 6.92 Å². The second kappa shape index (κ2) is 6.91. The molecule has 1 amide bonds. The Hall–Kier alpha value is -4.20. The Kier molecular flexibility index (Phi) is 4.01. The third-order valence-corrected chi connectivity index (χ3v) is 5.83. The third kappa shape index (κ3) is 2.84. The molecule has 7 nitrogen and oxygen atoms in total. The van der Waals surface area contributed by atoms with Gasteiger partial charge in [-0.25, -0.2) is 9.37 Å². The van der Waals surface area contributed by atoms with Gasteiger partial charge in [-0.05, 0) is 54.5 Å². The molecule has 0 saturated heterocycles. The van der Waals surface area contributed by atoms with Crippen LogP contribution in [0.2, 0.25) is 0 Å². The molecular weight excluding hydrogens is 409 g/mol. The van der Waals surface area contributed by atoms with Crippen LogP contribution in [0.15, 0.2) is 42.7 Å². The van der Waals surface area contributed by atoms with E-state index in [0.717, 1.165) is 33.5 Å². The fourth-order valence-electron chi connectivity index (χ4n) is 4.27. The van der Waals surface area contributed by atoms with E-state index in [1.54, 1.807) is 18.5 Å². The van der Waals surface area contributed by atoms with Crippen molar-refractivity contribution in [3.8, 4) is 17.0 Å². The fraction of sp³-hybridized carbons (Fsp3) is 0.125. The molecule has 0 unspecified atom stereocenters. The van der Waals surface area contributed by atoms with Crippen LogP contribution in [-0.2, 0) is 4.79 Å². The number of benzene rings is 1. The molecule has 0 bridgehead atoms. The van der Waals surface area contributed by atoms with Crippen molar-refractivity contribution in [1.82, 2.24) is 15.0 Å². The Morgan fingerprint density at radius 2 is 2.06 bits per heavy atom. The molecule has 8 heteroatoms. The fourth-order valence-corrected chi connectivity index (χ4v) is 4.27. The number of nitrogens with zero attached hydrogens (tertiary/aromatic N) is 2. The van der Waals surface area contributed by atoms with Crippen LogP contribution in [0.25, 0.3) is 33.8 Å². The summed E-state index contributed by atoms with van der Waals surface area (Å²) in [6, 6.07) is 8.85. The van der Waals surface area contributed by atoms with Gasteiger partial charge in [0, 0.05) is 35.8 Å². The summed E-state index contributed by atoms with van der Waals surface area (Å²) in [4.78, 5) is 24.6. The van der Waals surface area contributed by atoms with Crippen molar-refractivity contribution in [1.29, 1.82) is 0 Å². The van der Waals surface area contributed by atoms with E-state index < -0.39 is 5.82 Å². The number of fused-ring (bicyclic) bond motifs is 3. The van der Waals surface area contributed by atoms with Crippen molar-refractivity contribution in [3.05, 3.63) is 65.4 Å². The van der Waals surface area contributed by atoms with Crippen LogP contribution >= 0.6 is 0 Å². The average Bonchev–Trinajstić information content (AvgIpc) is 3.35. The minimum atomic E-state index is -0.492. The highest BCUT2D eigenvalue weighted by Gasteiger charge is 2.29. The van der Waals surface area contributed by atoms with Crippen LogP contribution in [0.3, 0.4) is 0 Å². The summed E-state index contributed by atoms with van der Waals surface area (Å²) < 4.78 is 20.6. The Balaban J connectivity index is 1.48. The van der Waals surface area contributed by atoms with Gasteiger partial charge in [0.25, 0.3) is 5.91 Å². The number of ether oxygens (including phenoxy) is 1. The monoisotopic (exact) mass is 427 g/mol. The number of pyridine rings is 2. The lowest BCUT2D eigenvalue weighted by Gasteiger charge is -2.21. The summed E-state index contributed by atoms with van der Waals surface area (Å²) in [5.41, 5.74) is 6.60. The van der Waals surface area contributed by atoms with Crippen molar-refractivity contribution >= 4 is 40.0 Å². The minimum absolute atomic E-state index is 0.185. The molecule has 2 aliphatic heterocycles. The van der Waals surface area contributed by atoms with Crippen LogP contribution in [0.5, 0.6) is 5.88 Å². The Morgan fingerprint density at radius 3 is 2.94 bits per heavy atom. The van der Waals surface area contributed by atoms with Crippen molar-refractivity contribution in [3.63, 3.8) is 0 Å².